The number of likely N-dealkylation sites (tertiary alicyclic amines) is 1. The minimum absolute atomic E-state index is 0.0235. The molecule has 0 radical (unpaired) electrons. The number of hydrogen-bond acceptors (Lipinski definition) is 12. The summed E-state index contributed by atoms with van der Waals surface area (Å²) in [7, 11) is 3.14. The van der Waals surface area contributed by atoms with Gasteiger partial charge in [0.05, 0.1) is 29.5 Å². The fourth-order valence-corrected chi connectivity index (χ4v) is 7.83. The zero-order valence-corrected chi connectivity index (χ0v) is 27.5. The number of esters is 3. The smallest absolute Gasteiger partial charge is 0.413 e. The molecule has 5 rings (SSSR count). The molecule has 1 aromatic rings. The molecule has 0 spiro atoms. The lowest BCUT2D eigenvalue weighted by atomic mass is 9.79. The molecule has 1 N–H and O–H groups in total. The molecule has 3 fully saturated rings. The number of benzene rings is 1. The topological polar surface area (TPSA) is 169 Å². The van der Waals surface area contributed by atoms with Gasteiger partial charge in [-0.2, -0.15) is 0 Å². The van der Waals surface area contributed by atoms with Gasteiger partial charge in [-0.15, -0.1) is 11.8 Å². The Kier molecular flexibility index (Phi) is 10.4. The van der Waals surface area contributed by atoms with Gasteiger partial charge in [-0.1, -0.05) is 31.5 Å². The largest absolute Gasteiger partial charge is 0.428 e. The first kappa shape index (κ1) is 34.2. The molecule has 4 aliphatic rings. The Morgan fingerprint density at radius 2 is 1.66 bits per heavy atom. The molecular formula is C32H39N3O11S. The van der Waals surface area contributed by atoms with Crippen LogP contribution >= 0.6 is 11.8 Å². The van der Waals surface area contributed by atoms with E-state index in [0.717, 1.165) is 19.3 Å². The van der Waals surface area contributed by atoms with Crippen LogP contribution in [0.25, 0.3) is 0 Å². The molecule has 15 heteroatoms. The van der Waals surface area contributed by atoms with Gasteiger partial charge < -0.3 is 33.9 Å². The van der Waals surface area contributed by atoms with Crippen LogP contribution in [0.2, 0.25) is 0 Å². The van der Waals surface area contributed by atoms with Gasteiger partial charge in [0.25, 0.3) is 0 Å². The van der Waals surface area contributed by atoms with Gasteiger partial charge in [0.15, 0.2) is 0 Å². The molecule has 3 heterocycles. The van der Waals surface area contributed by atoms with Crippen molar-refractivity contribution >= 4 is 47.6 Å². The van der Waals surface area contributed by atoms with Crippen LogP contribution in [-0.2, 0) is 38.1 Å². The molecule has 1 aromatic carbocycles. The molecule has 0 aromatic heterocycles. The van der Waals surface area contributed by atoms with Gasteiger partial charge in [0.2, 0.25) is 25.4 Å². The molecule has 254 valence electrons. The lowest BCUT2D eigenvalue weighted by molar-refractivity contribution is -0.166. The molecule has 3 amide bonds. The Morgan fingerprint density at radius 3 is 2.28 bits per heavy atom. The first-order valence-electron chi connectivity index (χ1n) is 15.5. The summed E-state index contributed by atoms with van der Waals surface area (Å²) < 4.78 is 20.7. The SMILES string of the molecule is C[C@@H](O)[C@H]1C(=O)N2C(C(=O)OCOC(=O)c3ccccc3)=C(S[C@H]3C[C@@H](C(=O)N(C)C)N(C(=O)OCOC(=O)C4CCC4)C3)[C@H](C)[C@H]12. The molecule has 0 unspecified atom stereocenters. The molecule has 6 atom stereocenters. The summed E-state index contributed by atoms with van der Waals surface area (Å²) in [4.78, 5) is 81.7. The normalized spacial score (nSPS) is 25.7. The molecular weight excluding hydrogens is 634 g/mol. The number of hydrogen-bond donors (Lipinski definition) is 1. The summed E-state index contributed by atoms with van der Waals surface area (Å²) in [5, 5.41) is 9.93. The number of fused-ring (bicyclic) bond motifs is 1. The fraction of sp³-hybridized carbons (Fsp3) is 0.562. The predicted octanol–water partition coefficient (Wildman–Crippen LogP) is 2.11. The third-order valence-corrected chi connectivity index (χ3v) is 10.5. The van der Waals surface area contributed by atoms with Crippen molar-refractivity contribution in [1.82, 2.24) is 14.7 Å². The van der Waals surface area contributed by atoms with Crippen LogP contribution in [0, 0.1) is 17.8 Å². The lowest BCUT2D eigenvalue weighted by Gasteiger charge is -2.46. The summed E-state index contributed by atoms with van der Waals surface area (Å²) in [6.07, 6.45) is 0.852. The van der Waals surface area contributed by atoms with Crippen molar-refractivity contribution in [1.29, 1.82) is 0 Å². The van der Waals surface area contributed by atoms with E-state index in [1.54, 1.807) is 44.4 Å². The lowest BCUT2D eigenvalue weighted by Crippen LogP contribution is -2.63. The number of aliphatic hydroxyl groups is 1. The van der Waals surface area contributed by atoms with Crippen molar-refractivity contribution < 1.29 is 52.8 Å². The summed E-state index contributed by atoms with van der Waals surface area (Å²) in [5.74, 6) is -4.08. The average molecular weight is 674 g/mol. The van der Waals surface area contributed by atoms with Crippen molar-refractivity contribution in [2.24, 2.45) is 17.8 Å². The standard InChI is InChI=1S/C32H39N3O11S/c1-17-24-23(18(2)36)28(38)35(24)25(31(41)45-15-43-29(39)19-9-6-5-7-10-19)26(17)47-21-13-22(27(37)33(3)4)34(14-21)32(42)46-16-44-30(40)20-11-8-12-20/h5-7,9-10,17-18,20-24,36H,8,11-16H2,1-4H3/t17-,18-,21+,22+,23-,24-/m1/s1. The highest BCUT2D eigenvalue weighted by Crippen LogP contribution is 2.52. The fourth-order valence-electron chi connectivity index (χ4n) is 6.31. The molecule has 3 aliphatic heterocycles. The second-order valence-electron chi connectivity index (χ2n) is 12.3. The zero-order valence-electron chi connectivity index (χ0n) is 26.7. The third kappa shape index (κ3) is 6.96. The van der Waals surface area contributed by atoms with E-state index < -0.39 is 72.8 Å². The first-order valence-corrected chi connectivity index (χ1v) is 16.4. The number of likely N-dealkylation sites (N-methyl/N-ethyl adjacent to an activating group) is 1. The highest BCUT2D eigenvalue weighted by atomic mass is 32.2. The van der Waals surface area contributed by atoms with Crippen molar-refractivity contribution in [3.05, 3.63) is 46.5 Å². The molecule has 0 bridgehead atoms. The van der Waals surface area contributed by atoms with Crippen LogP contribution < -0.4 is 0 Å². The maximum absolute atomic E-state index is 13.5. The number of carbonyl (C=O) groups is 6. The first-order chi connectivity index (χ1) is 22.4. The summed E-state index contributed by atoms with van der Waals surface area (Å²) in [6, 6.07) is 6.78. The maximum Gasteiger partial charge on any atom is 0.413 e. The quantitative estimate of drug-likeness (QED) is 0.207. The van der Waals surface area contributed by atoms with Gasteiger partial charge in [-0.05, 0) is 38.3 Å². The van der Waals surface area contributed by atoms with Gasteiger partial charge in [0, 0.05) is 36.7 Å². The third-order valence-electron chi connectivity index (χ3n) is 9.03. The number of ether oxygens (including phenoxy) is 4. The van der Waals surface area contributed by atoms with Gasteiger partial charge in [0.1, 0.15) is 11.7 Å². The number of amides is 3. The maximum atomic E-state index is 13.5. The van der Waals surface area contributed by atoms with Crippen molar-refractivity contribution in [2.75, 3.05) is 34.2 Å². The van der Waals surface area contributed by atoms with Crippen LogP contribution in [0.15, 0.2) is 40.9 Å². The van der Waals surface area contributed by atoms with Gasteiger partial charge in [-0.25, -0.2) is 14.4 Å². The van der Waals surface area contributed by atoms with Crippen molar-refractivity contribution in [2.45, 2.75) is 63.0 Å². The number of rotatable bonds is 11. The van der Waals surface area contributed by atoms with Crippen LogP contribution in [0.5, 0.6) is 0 Å². The minimum Gasteiger partial charge on any atom is -0.428 e. The van der Waals surface area contributed by atoms with E-state index in [9.17, 15) is 33.9 Å². The Hall–Kier alpha value is -4.11. The van der Waals surface area contributed by atoms with E-state index in [2.05, 4.69) is 0 Å². The molecule has 47 heavy (non-hydrogen) atoms. The molecule has 1 saturated carbocycles. The number of aliphatic hydroxyl groups excluding tert-OH is 1. The van der Waals surface area contributed by atoms with Crippen LogP contribution in [0.1, 0.15) is 49.9 Å². The van der Waals surface area contributed by atoms with E-state index in [1.165, 1.54) is 33.4 Å². The Bertz CT molecular complexity index is 1440. The number of β-lactam (4-membered cyclic amide) rings is 1. The highest BCUT2D eigenvalue weighted by molar-refractivity contribution is 8.03. The Labute approximate surface area is 276 Å². The number of nitrogens with zero attached hydrogens (tertiary/aromatic N) is 3. The van der Waals surface area contributed by atoms with Crippen LogP contribution in [0.3, 0.4) is 0 Å². The Morgan fingerprint density at radius 1 is 1.00 bits per heavy atom. The second kappa shape index (κ2) is 14.3. The summed E-state index contributed by atoms with van der Waals surface area (Å²) in [6.45, 7) is 2.15. The van der Waals surface area contributed by atoms with Crippen LogP contribution in [-0.4, -0.2) is 113 Å². The zero-order chi connectivity index (χ0) is 34.0. The van der Waals surface area contributed by atoms with E-state index in [4.69, 9.17) is 18.9 Å². The summed E-state index contributed by atoms with van der Waals surface area (Å²) >= 11 is 1.25. The number of thioether (sulfide) groups is 1. The van der Waals surface area contributed by atoms with E-state index in [0.29, 0.717) is 4.91 Å². The molecule has 14 nitrogen and oxygen atoms in total. The van der Waals surface area contributed by atoms with Crippen LogP contribution in [0.4, 0.5) is 4.79 Å². The van der Waals surface area contributed by atoms with E-state index >= 15 is 0 Å². The van der Waals surface area contributed by atoms with Gasteiger partial charge in [-0.3, -0.25) is 19.3 Å². The second-order valence-corrected chi connectivity index (χ2v) is 13.7. The monoisotopic (exact) mass is 673 g/mol. The molecule has 2 saturated heterocycles. The Balaban J connectivity index is 1.30. The highest BCUT2D eigenvalue weighted by Gasteiger charge is 2.60. The minimum atomic E-state index is -0.961. The average Bonchev–Trinajstić information content (AvgIpc) is 3.53. The van der Waals surface area contributed by atoms with Crippen molar-refractivity contribution in [3.63, 3.8) is 0 Å². The molecule has 1 aliphatic carbocycles. The van der Waals surface area contributed by atoms with Crippen molar-refractivity contribution in [3.8, 4) is 0 Å². The summed E-state index contributed by atoms with van der Waals surface area (Å²) in [5.41, 5.74) is 0.249. The van der Waals surface area contributed by atoms with Gasteiger partial charge >= 0.3 is 24.0 Å². The van der Waals surface area contributed by atoms with E-state index in [-0.39, 0.29) is 42.0 Å². The van der Waals surface area contributed by atoms with E-state index in [1.807, 2.05) is 6.92 Å². The number of carbonyl (C=O) groups excluding carboxylic acids is 6. The predicted molar refractivity (Wildman–Crippen MR) is 165 cm³/mol.